The average Bonchev–Trinajstić information content (AvgIpc) is 3.43. The fourth-order valence-corrected chi connectivity index (χ4v) is 4.32. The molecular formula is C26H32N6O8. The Morgan fingerprint density at radius 2 is 1.93 bits per heavy atom. The van der Waals surface area contributed by atoms with Gasteiger partial charge in [-0.05, 0) is 39.3 Å². The minimum Gasteiger partial charge on any atom is -0.492 e. The highest BCUT2D eigenvalue weighted by Crippen LogP contribution is 2.33. The number of alkyl carbamates (subject to hydrolysis) is 1. The fraction of sp³-hybridized carbons (Fsp3) is 0.500. The molecule has 2 N–H and O–H groups in total. The Morgan fingerprint density at radius 3 is 2.67 bits per heavy atom. The van der Waals surface area contributed by atoms with E-state index >= 15 is 0 Å². The molecule has 5 amide bonds. The van der Waals surface area contributed by atoms with E-state index in [1.807, 2.05) is 0 Å². The van der Waals surface area contributed by atoms with Crippen LogP contribution < -0.4 is 15.4 Å². The number of nitrogens with one attached hydrogen (secondary N) is 2. The molecule has 14 nitrogen and oxygen atoms in total. The number of carbonyl (C=O) groups is 5. The van der Waals surface area contributed by atoms with Crippen LogP contribution in [0.15, 0.2) is 24.4 Å². The van der Waals surface area contributed by atoms with Gasteiger partial charge in [0.15, 0.2) is 0 Å². The van der Waals surface area contributed by atoms with Crippen molar-refractivity contribution in [2.45, 2.75) is 58.2 Å². The van der Waals surface area contributed by atoms with Crippen LogP contribution in [0.25, 0.3) is 0 Å². The number of hydrogen-bond donors (Lipinski definition) is 2. The third-order valence-corrected chi connectivity index (χ3v) is 6.11. The molecule has 2 aliphatic heterocycles. The molecule has 0 aliphatic carbocycles. The van der Waals surface area contributed by atoms with Gasteiger partial charge in [0.25, 0.3) is 11.8 Å². The van der Waals surface area contributed by atoms with E-state index in [9.17, 15) is 24.0 Å². The molecule has 1 aromatic carbocycles. The summed E-state index contributed by atoms with van der Waals surface area (Å²) in [5, 5.41) is 12.8. The van der Waals surface area contributed by atoms with Crippen molar-refractivity contribution in [1.29, 1.82) is 0 Å². The van der Waals surface area contributed by atoms with Gasteiger partial charge in [0.1, 0.15) is 17.4 Å². The van der Waals surface area contributed by atoms with Gasteiger partial charge in [-0.2, -0.15) is 0 Å². The fourth-order valence-electron chi connectivity index (χ4n) is 4.32. The molecule has 4 rings (SSSR count). The number of hydrogen-bond acceptors (Lipinski definition) is 10. The lowest BCUT2D eigenvalue weighted by molar-refractivity contribution is -0.136. The highest BCUT2D eigenvalue weighted by Gasteiger charge is 2.46. The number of aromatic nitrogens is 3. The van der Waals surface area contributed by atoms with Crippen LogP contribution in [0.4, 0.5) is 4.79 Å². The molecule has 1 aromatic heterocycles. The Bertz CT molecular complexity index is 1300. The number of piperidine rings is 1. The summed E-state index contributed by atoms with van der Waals surface area (Å²) < 4.78 is 18.3. The van der Waals surface area contributed by atoms with Gasteiger partial charge in [0.05, 0.1) is 49.4 Å². The summed E-state index contributed by atoms with van der Waals surface area (Å²) in [7, 11) is 0. The van der Waals surface area contributed by atoms with Crippen LogP contribution >= 0.6 is 0 Å². The molecule has 14 heteroatoms. The molecule has 0 saturated carbocycles. The zero-order valence-corrected chi connectivity index (χ0v) is 22.6. The molecule has 0 radical (unpaired) electrons. The van der Waals surface area contributed by atoms with E-state index in [1.54, 1.807) is 43.8 Å². The summed E-state index contributed by atoms with van der Waals surface area (Å²) in [6.45, 7) is 6.90. The summed E-state index contributed by atoms with van der Waals surface area (Å²) in [5.41, 5.74) is 0.451. The van der Waals surface area contributed by atoms with Crippen LogP contribution in [0.5, 0.6) is 5.75 Å². The quantitative estimate of drug-likeness (QED) is 0.298. The van der Waals surface area contributed by atoms with Crippen molar-refractivity contribution in [3.63, 3.8) is 0 Å². The zero-order chi connectivity index (χ0) is 28.9. The van der Waals surface area contributed by atoms with Gasteiger partial charge in [-0.15, -0.1) is 5.10 Å². The van der Waals surface area contributed by atoms with Crippen molar-refractivity contribution in [1.82, 2.24) is 30.5 Å². The first-order valence-electron chi connectivity index (χ1n) is 12.9. The lowest BCUT2D eigenvalue weighted by Gasteiger charge is -2.27. The van der Waals surface area contributed by atoms with Crippen LogP contribution in [0.3, 0.4) is 0 Å². The van der Waals surface area contributed by atoms with Crippen LogP contribution in [0, 0.1) is 0 Å². The first kappa shape index (κ1) is 28.7. The molecule has 40 heavy (non-hydrogen) atoms. The summed E-state index contributed by atoms with van der Waals surface area (Å²) in [6, 6.07) is 3.66. The van der Waals surface area contributed by atoms with Gasteiger partial charge < -0.3 is 19.5 Å². The second-order valence-corrected chi connectivity index (χ2v) is 10.2. The Balaban J connectivity index is 1.26. The Labute approximate surface area is 230 Å². The predicted octanol–water partition coefficient (Wildman–Crippen LogP) is 0.842. The normalized spacial score (nSPS) is 17.1. The van der Waals surface area contributed by atoms with Crippen molar-refractivity contribution in [2.75, 3.05) is 26.4 Å². The molecular weight excluding hydrogens is 524 g/mol. The second kappa shape index (κ2) is 12.2. The maximum Gasteiger partial charge on any atom is 0.407 e. The molecule has 1 saturated heterocycles. The molecule has 0 bridgehead atoms. The largest absolute Gasteiger partial charge is 0.492 e. The number of amides is 5. The SMILES string of the molecule is CC(C)(C)OC(=O)NCCOCCn1nncc1CCOc1cccc2c1C(=O)N(C1CCC(=O)NC1=O)C2=O. The first-order chi connectivity index (χ1) is 19.0. The molecule has 1 fully saturated rings. The maximum atomic E-state index is 13.2. The molecule has 214 valence electrons. The molecule has 3 heterocycles. The number of benzene rings is 1. The summed E-state index contributed by atoms with van der Waals surface area (Å²) >= 11 is 0. The van der Waals surface area contributed by atoms with Crippen LogP contribution in [-0.2, 0) is 32.0 Å². The van der Waals surface area contributed by atoms with Gasteiger partial charge in [0, 0.05) is 19.4 Å². The van der Waals surface area contributed by atoms with Crippen LogP contribution in [-0.4, -0.2) is 87.6 Å². The predicted molar refractivity (Wildman–Crippen MR) is 137 cm³/mol. The maximum absolute atomic E-state index is 13.2. The number of nitrogens with zero attached hydrogens (tertiary/aromatic N) is 4. The highest BCUT2D eigenvalue weighted by molar-refractivity contribution is 6.24. The standard InChI is InChI=1S/C26H32N6O8/c1-26(2,3)40-25(37)27-10-13-38-14-11-31-16(15-28-30-31)9-12-39-19-6-4-5-17-21(19)24(36)32(23(17)35)18-7-8-20(33)29-22(18)34/h4-6,15,18H,7-14H2,1-3H3,(H,27,37)(H,29,33,34). The van der Waals surface area contributed by atoms with Gasteiger partial charge >= 0.3 is 6.09 Å². The first-order valence-corrected chi connectivity index (χ1v) is 12.9. The van der Waals surface area contributed by atoms with Crippen molar-refractivity contribution in [3.05, 3.63) is 41.2 Å². The lowest BCUT2D eigenvalue weighted by atomic mass is 10.0. The smallest absolute Gasteiger partial charge is 0.407 e. The third kappa shape index (κ3) is 6.81. The molecule has 2 aliphatic rings. The minimum absolute atomic E-state index is 0.0445. The highest BCUT2D eigenvalue weighted by atomic mass is 16.6. The zero-order valence-electron chi connectivity index (χ0n) is 22.6. The van der Waals surface area contributed by atoms with E-state index in [0.717, 1.165) is 10.6 Å². The second-order valence-electron chi connectivity index (χ2n) is 10.2. The Morgan fingerprint density at radius 1 is 1.12 bits per heavy atom. The average molecular weight is 557 g/mol. The van der Waals surface area contributed by atoms with E-state index in [1.165, 1.54) is 6.07 Å². The summed E-state index contributed by atoms with van der Waals surface area (Å²) in [4.78, 5) is 62.5. The number of fused-ring (bicyclic) bond motifs is 1. The van der Waals surface area contributed by atoms with Gasteiger partial charge in [-0.1, -0.05) is 11.3 Å². The number of rotatable bonds is 11. The number of ether oxygens (including phenoxy) is 3. The molecule has 1 unspecified atom stereocenters. The summed E-state index contributed by atoms with van der Waals surface area (Å²) in [6.07, 6.45) is 1.63. The van der Waals surface area contributed by atoms with Crippen molar-refractivity contribution in [3.8, 4) is 5.75 Å². The van der Waals surface area contributed by atoms with E-state index < -0.39 is 41.4 Å². The van der Waals surface area contributed by atoms with E-state index in [0.29, 0.717) is 32.7 Å². The van der Waals surface area contributed by atoms with Crippen LogP contribution in [0.1, 0.15) is 60.0 Å². The number of carbonyl (C=O) groups excluding carboxylic acids is 5. The number of imide groups is 2. The molecule has 1 atom stereocenters. The Kier molecular flexibility index (Phi) is 8.77. The van der Waals surface area contributed by atoms with Crippen molar-refractivity contribution >= 4 is 29.7 Å². The molecule has 2 aromatic rings. The van der Waals surface area contributed by atoms with Gasteiger partial charge in [-0.3, -0.25) is 29.4 Å². The third-order valence-electron chi connectivity index (χ3n) is 6.11. The van der Waals surface area contributed by atoms with Gasteiger partial charge in [0.2, 0.25) is 11.8 Å². The topological polar surface area (TPSA) is 171 Å². The summed E-state index contributed by atoms with van der Waals surface area (Å²) in [5.74, 6) is -2.10. The van der Waals surface area contributed by atoms with Crippen molar-refractivity contribution in [2.24, 2.45) is 0 Å². The molecule has 0 spiro atoms. The van der Waals surface area contributed by atoms with Crippen LogP contribution in [0.2, 0.25) is 0 Å². The van der Waals surface area contributed by atoms with Crippen molar-refractivity contribution < 1.29 is 38.2 Å². The van der Waals surface area contributed by atoms with E-state index in [2.05, 4.69) is 20.9 Å². The monoisotopic (exact) mass is 556 g/mol. The Hall–Kier alpha value is -4.33. The minimum atomic E-state index is -1.05. The lowest BCUT2D eigenvalue weighted by Crippen LogP contribution is -2.54. The van der Waals surface area contributed by atoms with Gasteiger partial charge in [-0.25, -0.2) is 9.48 Å². The van der Waals surface area contributed by atoms with E-state index in [-0.39, 0.29) is 36.3 Å². The van der Waals surface area contributed by atoms with E-state index in [4.69, 9.17) is 14.2 Å².